The lowest BCUT2D eigenvalue weighted by Gasteiger charge is -2.26. The monoisotopic (exact) mass is 456 g/mol. The first-order chi connectivity index (χ1) is 14.9. The number of carbonyl (C=O) groups excluding carboxylic acids is 2. The lowest BCUT2D eigenvalue weighted by Crippen LogP contribution is -2.29. The van der Waals surface area contributed by atoms with E-state index in [2.05, 4.69) is 55.4 Å². The van der Waals surface area contributed by atoms with Crippen LogP contribution in [0.15, 0.2) is 12.2 Å². The highest BCUT2D eigenvalue weighted by Gasteiger charge is 2.23. The summed E-state index contributed by atoms with van der Waals surface area (Å²) in [6.07, 6.45) is 6.94. The molecule has 32 heavy (non-hydrogen) atoms. The molecule has 2 atom stereocenters. The molecule has 6 heteroatoms. The Morgan fingerprint density at radius 2 is 1.03 bits per heavy atom. The van der Waals surface area contributed by atoms with Crippen LogP contribution < -0.4 is 0 Å². The lowest BCUT2D eigenvalue weighted by atomic mass is 9.89. The SMILES string of the molecule is CCCCOCC(CC(C)(C)C)OC(=O)/C=C/C(=O)OC(COCCCC)CC(C)(C)C. The molecule has 0 heterocycles. The third-order valence-corrected chi connectivity index (χ3v) is 4.49. The van der Waals surface area contributed by atoms with Gasteiger partial charge in [-0.3, -0.25) is 0 Å². The van der Waals surface area contributed by atoms with Gasteiger partial charge in [-0.15, -0.1) is 0 Å². The van der Waals surface area contributed by atoms with Crippen molar-refractivity contribution < 1.29 is 28.5 Å². The van der Waals surface area contributed by atoms with Crippen molar-refractivity contribution in [3.05, 3.63) is 12.2 Å². The molecule has 188 valence electrons. The molecule has 2 unspecified atom stereocenters. The topological polar surface area (TPSA) is 71.1 Å². The van der Waals surface area contributed by atoms with Gasteiger partial charge in [0.25, 0.3) is 0 Å². The van der Waals surface area contributed by atoms with Gasteiger partial charge in [0, 0.05) is 25.4 Å². The van der Waals surface area contributed by atoms with Gasteiger partial charge < -0.3 is 18.9 Å². The summed E-state index contributed by atoms with van der Waals surface area (Å²) in [5, 5.41) is 0. The predicted octanol–water partition coefficient (Wildman–Crippen LogP) is 5.87. The highest BCUT2D eigenvalue weighted by atomic mass is 16.6. The molecule has 0 amide bonds. The molecule has 6 nitrogen and oxygen atoms in total. The zero-order valence-electron chi connectivity index (χ0n) is 21.8. The highest BCUT2D eigenvalue weighted by Crippen LogP contribution is 2.24. The summed E-state index contributed by atoms with van der Waals surface area (Å²) in [5.74, 6) is -1.14. The average molecular weight is 457 g/mol. The van der Waals surface area contributed by atoms with Gasteiger partial charge in [-0.05, 0) is 36.5 Å². The molecule has 0 bridgehead atoms. The number of carbonyl (C=O) groups is 2. The predicted molar refractivity (Wildman–Crippen MR) is 128 cm³/mol. The number of hydrogen-bond donors (Lipinski definition) is 0. The Morgan fingerprint density at radius 1 is 0.688 bits per heavy atom. The van der Waals surface area contributed by atoms with Crippen molar-refractivity contribution in [2.75, 3.05) is 26.4 Å². The van der Waals surface area contributed by atoms with Gasteiger partial charge in [0.2, 0.25) is 0 Å². The fourth-order valence-corrected chi connectivity index (χ4v) is 3.10. The van der Waals surface area contributed by atoms with Crippen molar-refractivity contribution in [3.63, 3.8) is 0 Å². The molecule has 0 N–H and O–H groups in total. The molecule has 0 spiro atoms. The van der Waals surface area contributed by atoms with Crippen LogP contribution in [0.2, 0.25) is 0 Å². The minimum absolute atomic E-state index is 0.0142. The summed E-state index contributed by atoms with van der Waals surface area (Å²) in [5.41, 5.74) is -0.0285. The normalized spacial score (nSPS) is 14.4. The van der Waals surface area contributed by atoms with Crippen molar-refractivity contribution in [1.29, 1.82) is 0 Å². The molecule has 0 fully saturated rings. The van der Waals surface area contributed by atoms with Crippen LogP contribution in [0.5, 0.6) is 0 Å². The Labute approximate surface area is 196 Å². The molecule has 0 aromatic carbocycles. The van der Waals surface area contributed by atoms with Crippen molar-refractivity contribution >= 4 is 11.9 Å². The van der Waals surface area contributed by atoms with Crippen molar-refractivity contribution in [1.82, 2.24) is 0 Å². The Kier molecular flexibility index (Phi) is 15.5. The van der Waals surface area contributed by atoms with Gasteiger partial charge >= 0.3 is 11.9 Å². The molecule has 0 aliphatic rings. The number of esters is 2. The second kappa shape index (κ2) is 16.2. The fourth-order valence-electron chi connectivity index (χ4n) is 3.10. The standard InChI is InChI=1S/C26H48O6/c1-9-11-15-29-19-21(17-25(3,4)5)31-23(27)13-14-24(28)32-22(18-26(6,7)8)20-30-16-12-10-2/h13-14,21-22H,9-12,15-20H2,1-8H3/b14-13+. The number of ether oxygens (including phenoxy) is 4. The van der Waals surface area contributed by atoms with E-state index in [1.807, 2.05) is 0 Å². The quantitative estimate of drug-likeness (QED) is 0.164. The number of hydrogen-bond acceptors (Lipinski definition) is 6. The van der Waals surface area contributed by atoms with E-state index >= 15 is 0 Å². The molecule has 0 saturated carbocycles. The Hall–Kier alpha value is -1.40. The smallest absolute Gasteiger partial charge is 0.331 e. The Bertz CT molecular complexity index is 494. The van der Waals surface area contributed by atoms with E-state index in [0.29, 0.717) is 39.3 Å². The van der Waals surface area contributed by atoms with Crippen LogP contribution in [0.4, 0.5) is 0 Å². The van der Waals surface area contributed by atoms with Gasteiger partial charge in [0.05, 0.1) is 13.2 Å². The minimum atomic E-state index is -0.568. The van der Waals surface area contributed by atoms with E-state index in [1.54, 1.807) is 0 Å². The first-order valence-corrected chi connectivity index (χ1v) is 12.1. The Balaban J connectivity index is 4.78. The molecular weight excluding hydrogens is 408 g/mol. The summed E-state index contributed by atoms with van der Waals surface area (Å²) in [6, 6.07) is 0. The van der Waals surface area contributed by atoms with E-state index in [1.165, 1.54) is 0 Å². The summed E-state index contributed by atoms with van der Waals surface area (Å²) < 4.78 is 22.4. The fraction of sp³-hybridized carbons (Fsp3) is 0.846. The molecule has 0 aromatic rings. The average Bonchev–Trinajstić information content (AvgIpc) is 2.64. The van der Waals surface area contributed by atoms with Gasteiger partial charge in [-0.1, -0.05) is 68.2 Å². The van der Waals surface area contributed by atoms with Crippen LogP contribution >= 0.6 is 0 Å². The summed E-state index contributed by atoms with van der Waals surface area (Å²) in [7, 11) is 0. The zero-order valence-corrected chi connectivity index (χ0v) is 21.8. The molecule has 0 radical (unpaired) electrons. The third kappa shape index (κ3) is 19.3. The van der Waals surface area contributed by atoms with E-state index in [0.717, 1.165) is 37.8 Å². The maximum atomic E-state index is 12.3. The van der Waals surface area contributed by atoms with Gasteiger partial charge in [-0.2, -0.15) is 0 Å². The summed E-state index contributed by atoms with van der Waals surface area (Å²) >= 11 is 0. The first-order valence-electron chi connectivity index (χ1n) is 12.1. The molecular formula is C26H48O6. The van der Waals surface area contributed by atoms with Gasteiger partial charge in [0.15, 0.2) is 0 Å². The first kappa shape index (κ1) is 30.6. The number of rotatable bonds is 16. The summed E-state index contributed by atoms with van der Waals surface area (Å²) in [6.45, 7) is 18.7. The van der Waals surface area contributed by atoms with Crippen LogP contribution in [-0.2, 0) is 28.5 Å². The molecule has 0 saturated heterocycles. The summed E-state index contributed by atoms with van der Waals surface area (Å²) in [4.78, 5) is 24.6. The van der Waals surface area contributed by atoms with Crippen LogP contribution in [-0.4, -0.2) is 50.6 Å². The van der Waals surface area contributed by atoms with Crippen LogP contribution in [0, 0.1) is 10.8 Å². The van der Waals surface area contributed by atoms with E-state index in [-0.39, 0.29) is 23.0 Å². The lowest BCUT2D eigenvalue weighted by molar-refractivity contribution is -0.150. The highest BCUT2D eigenvalue weighted by molar-refractivity contribution is 5.91. The van der Waals surface area contributed by atoms with Crippen molar-refractivity contribution in [3.8, 4) is 0 Å². The maximum Gasteiger partial charge on any atom is 0.331 e. The second-order valence-corrected chi connectivity index (χ2v) is 10.8. The molecule has 0 aromatic heterocycles. The largest absolute Gasteiger partial charge is 0.457 e. The van der Waals surface area contributed by atoms with Gasteiger partial charge in [-0.25, -0.2) is 9.59 Å². The zero-order chi connectivity index (χ0) is 24.6. The second-order valence-electron chi connectivity index (χ2n) is 10.8. The maximum absolute atomic E-state index is 12.3. The van der Waals surface area contributed by atoms with E-state index in [4.69, 9.17) is 18.9 Å². The van der Waals surface area contributed by atoms with Gasteiger partial charge in [0.1, 0.15) is 12.2 Å². The van der Waals surface area contributed by atoms with Crippen LogP contribution in [0.1, 0.15) is 93.9 Å². The number of unbranched alkanes of at least 4 members (excludes halogenated alkanes) is 2. The molecule has 0 aliphatic carbocycles. The molecule has 0 rings (SSSR count). The van der Waals surface area contributed by atoms with Crippen molar-refractivity contribution in [2.24, 2.45) is 10.8 Å². The minimum Gasteiger partial charge on any atom is -0.457 e. The third-order valence-electron chi connectivity index (χ3n) is 4.49. The van der Waals surface area contributed by atoms with E-state index in [9.17, 15) is 9.59 Å². The van der Waals surface area contributed by atoms with Crippen LogP contribution in [0.3, 0.4) is 0 Å². The Morgan fingerprint density at radius 3 is 1.31 bits per heavy atom. The van der Waals surface area contributed by atoms with Crippen molar-refractivity contribution in [2.45, 2.75) is 106 Å². The van der Waals surface area contributed by atoms with E-state index < -0.39 is 11.9 Å². The molecule has 0 aliphatic heterocycles. The van der Waals surface area contributed by atoms with Crippen LogP contribution in [0.25, 0.3) is 0 Å².